The minimum atomic E-state index is -0.912. The second-order valence-corrected chi connectivity index (χ2v) is 7.06. The van der Waals surface area contributed by atoms with Crippen LogP contribution in [0.5, 0.6) is 11.5 Å². The highest BCUT2D eigenvalue weighted by molar-refractivity contribution is 6.10. The van der Waals surface area contributed by atoms with E-state index in [-0.39, 0.29) is 12.4 Å². The maximum Gasteiger partial charge on any atom is 0.317 e. The van der Waals surface area contributed by atoms with Gasteiger partial charge in [0.1, 0.15) is 5.92 Å². The second-order valence-electron chi connectivity index (χ2n) is 7.06. The van der Waals surface area contributed by atoms with Gasteiger partial charge in [0, 0.05) is 11.5 Å². The molecular formula is C24H26O5. The highest BCUT2D eigenvalue weighted by atomic mass is 16.5. The van der Waals surface area contributed by atoms with E-state index in [2.05, 4.69) is 0 Å². The van der Waals surface area contributed by atoms with Crippen LogP contribution < -0.4 is 9.47 Å². The van der Waals surface area contributed by atoms with Crippen LogP contribution in [-0.4, -0.2) is 32.6 Å². The predicted molar refractivity (Wildman–Crippen MR) is 111 cm³/mol. The molecule has 5 nitrogen and oxygen atoms in total. The van der Waals surface area contributed by atoms with Gasteiger partial charge >= 0.3 is 5.97 Å². The first kappa shape index (κ1) is 20.6. The number of para-hydroxylation sites is 1. The van der Waals surface area contributed by atoms with Crippen LogP contribution in [0, 0.1) is 12.8 Å². The van der Waals surface area contributed by atoms with E-state index in [1.807, 2.05) is 43.3 Å². The van der Waals surface area contributed by atoms with E-state index in [9.17, 15) is 9.59 Å². The first-order valence-corrected chi connectivity index (χ1v) is 9.69. The highest BCUT2D eigenvalue weighted by Crippen LogP contribution is 2.45. The number of carbonyl (C=O) groups is 2. The number of benzene rings is 2. The number of hydrogen-bond donors (Lipinski definition) is 0. The van der Waals surface area contributed by atoms with E-state index in [1.165, 1.54) is 0 Å². The number of allylic oxidation sites excluding steroid dienone is 2. The topological polar surface area (TPSA) is 61.8 Å². The summed E-state index contributed by atoms with van der Waals surface area (Å²) in [5.41, 5.74) is 3.77. The molecule has 0 amide bonds. The van der Waals surface area contributed by atoms with Gasteiger partial charge in [0.05, 0.1) is 20.8 Å². The summed E-state index contributed by atoms with van der Waals surface area (Å²) in [6, 6.07) is 13.5. The van der Waals surface area contributed by atoms with Crippen molar-refractivity contribution in [2.75, 3.05) is 20.8 Å². The Kier molecular flexibility index (Phi) is 6.37. The van der Waals surface area contributed by atoms with Crippen LogP contribution in [0.3, 0.4) is 0 Å². The minimum absolute atomic E-state index is 0.221. The number of hydrogen-bond acceptors (Lipinski definition) is 5. The van der Waals surface area contributed by atoms with Crippen molar-refractivity contribution in [3.05, 3.63) is 65.2 Å². The normalized spacial score (nSPS) is 18.8. The monoisotopic (exact) mass is 394 g/mol. The van der Waals surface area contributed by atoms with Crippen LogP contribution in [0.2, 0.25) is 0 Å². The number of aryl methyl sites for hydroxylation is 1. The lowest BCUT2D eigenvalue weighted by molar-refractivity contribution is -0.151. The van der Waals surface area contributed by atoms with Gasteiger partial charge in [0.25, 0.3) is 0 Å². The van der Waals surface area contributed by atoms with E-state index >= 15 is 0 Å². The fraction of sp³-hybridized carbons (Fsp3) is 0.333. The lowest BCUT2D eigenvalue weighted by atomic mass is 9.73. The first-order valence-electron chi connectivity index (χ1n) is 9.69. The molecule has 0 bridgehead atoms. The Labute approximate surface area is 171 Å². The van der Waals surface area contributed by atoms with Crippen molar-refractivity contribution < 1.29 is 23.8 Å². The van der Waals surface area contributed by atoms with Crippen LogP contribution in [0.25, 0.3) is 5.57 Å². The zero-order valence-corrected chi connectivity index (χ0v) is 17.2. The van der Waals surface area contributed by atoms with Crippen molar-refractivity contribution in [2.24, 2.45) is 5.92 Å². The highest BCUT2D eigenvalue weighted by Gasteiger charge is 2.41. The van der Waals surface area contributed by atoms with Crippen LogP contribution in [0.1, 0.15) is 36.0 Å². The number of ether oxygens (including phenoxy) is 3. The van der Waals surface area contributed by atoms with Gasteiger partial charge < -0.3 is 14.2 Å². The van der Waals surface area contributed by atoms with Gasteiger partial charge in [0.2, 0.25) is 0 Å². The fourth-order valence-electron chi connectivity index (χ4n) is 3.85. The van der Waals surface area contributed by atoms with E-state index in [0.29, 0.717) is 17.9 Å². The summed E-state index contributed by atoms with van der Waals surface area (Å²) in [5, 5.41) is 0. The quantitative estimate of drug-likeness (QED) is 0.539. The minimum Gasteiger partial charge on any atom is -0.493 e. The van der Waals surface area contributed by atoms with Gasteiger partial charge in [-0.05, 0) is 43.5 Å². The van der Waals surface area contributed by atoms with Gasteiger partial charge in [-0.15, -0.1) is 0 Å². The summed E-state index contributed by atoms with van der Waals surface area (Å²) in [6.45, 7) is 3.98. The van der Waals surface area contributed by atoms with E-state index in [4.69, 9.17) is 14.2 Å². The number of carbonyl (C=O) groups excluding carboxylic acids is 2. The zero-order chi connectivity index (χ0) is 21.0. The third-order valence-corrected chi connectivity index (χ3v) is 5.26. The van der Waals surface area contributed by atoms with Crippen molar-refractivity contribution in [3.63, 3.8) is 0 Å². The average molecular weight is 394 g/mol. The lowest BCUT2D eigenvalue weighted by Crippen LogP contribution is -2.34. The Morgan fingerprint density at radius 2 is 1.79 bits per heavy atom. The summed E-state index contributed by atoms with van der Waals surface area (Å²) in [7, 11) is 3.12. The van der Waals surface area contributed by atoms with Crippen LogP contribution in [0.15, 0.2) is 48.5 Å². The molecule has 0 radical (unpaired) electrons. The molecule has 0 aliphatic heterocycles. The second kappa shape index (κ2) is 8.95. The molecule has 0 fully saturated rings. The summed E-state index contributed by atoms with van der Waals surface area (Å²) in [4.78, 5) is 25.7. The van der Waals surface area contributed by atoms with Crippen molar-refractivity contribution in [3.8, 4) is 11.5 Å². The molecular weight excluding hydrogens is 368 g/mol. The van der Waals surface area contributed by atoms with Gasteiger partial charge in [-0.25, -0.2) is 0 Å². The largest absolute Gasteiger partial charge is 0.493 e. The van der Waals surface area contributed by atoms with Gasteiger partial charge in [-0.1, -0.05) is 42.0 Å². The molecule has 0 saturated carbocycles. The Balaban J connectivity index is 2.10. The molecule has 1 aliphatic carbocycles. The number of rotatable bonds is 6. The smallest absolute Gasteiger partial charge is 0.317 e. The van der Waals surface area contributed by atoms with Gasteiger partial charge in [-0.2, -0.15) is 0 Å². The molecule has 5 heteroatoms. The third kappa shape index (κ3) is 4.19. The fourth-order valence-corrected chi connectivity index (χ4v) is 3.85. The molecule has 0 aromatic heterocycles. The molecule has 152 valence electrons. The Morgan fingerprint density at radius 3 is 2.41 bits per heavy atom. The number of esters is 1. The first-order chi connectivity index (χ1) is 14.0. The molecule has 0 spiro atoms. The molecule has 29 heavy (non-hydrogen) atoms. The molecule has 0 saturated heterocycles. The Morgan fingerprint density at radius 1 is 1.07 bits per heavy atom. The van der Waals surface area contributed by atoms with Crippen molar-refractivity contribution >= 4 is 17.3 Å². The molecule has 2 atom stereocenters. The lowest BCUT2D eigenvalue weighted by Gasteiger charge is -2.30. The molecule has 3 rings (SSSR count). The van der Waals surface area contributed by atoms with E-state index in [0.717, 1.165) is 22.3 Å². The van der Waals surface area contributed by atoms with Gasteiger partial charge in [0.15, 0.2) is 17.3 Å². The van der Waals surface area contributed by atoms with Crippen LogP contribution in [0.4, 0.5) is 0 Å². The van der Waals surface area contributed by atoms with Crippen molar-refractivity contribution in [1.82, 2.24) is 0 Å². The Bertz CT molecular complexity index is 927. The Hall–Kier alpha value is -3.08. The average Bonchev–Trinajstić information content (AvgIpc) is 2.73. The molecule has 1 aliphatic rings. The summed E-state index contributed by atoms with van der Waals surface area (Å²) < 4.78 is 16.2. The summed E-state index contributed by atoms with van der Waals surface area (Å²) in [6.07, 6.45) is 2.09. The SMILES string of the molecule is CCOC(=O)C1C(=O)C=C(c2ccc(C)cc2)CC1c1cccc(OC)c1OC. The summed E-state index contributed by atoms with van der Waals surface area (Å²) >= 11 is 0. The molecule has 2 unspecified atom stereocenters. The zero-order valence-electron chi connectivity index (χ0n) is 17.2. The van der Waals surface area contributed by atoms with Gasteiger partial charge in [-0.3, -0.25) is 9.59 Å². The molecule has 2 aromatic carbocycles. The van der Waals surface area contributed by atoms with Crippen molar-refractivity contribution in [2.45, 2.75) is 26.2 Å². The van der Waals surface area contributed by atoms with Crippen molar-refractivity contribution in [1.29, 1.82) is 0 Å². The number of ketones is 1. The standard InChI is InChI=1S/C24H26O5/c1-5-29-24(26)22-19(18-7-6-8-21(27-3)23(18)28-4)13-17(14-20(22)25)16-11-9-15(2)10-12-16/h6-12,14,19,22H,5,13H2,1-4H3. The van der Waals surface area contributed by atoms with Crippen LogP contribution in [-0.2, 0) is 14.3 Å². The molecule has 2 aromatic rings. The van der Waals surface area contributed by atoms with Crippen LogP contribution >= 0.6 is 0 Å². The third-order valence-electron chi connectivity index (χ3n) is 5.26. The molecule has 0 heterocycles. The predicted octanol–water partition coefficient (Wildman–Crippen LogP) is 4.33. The summed E-state index contributed by atoms with van der Waals surface area (Å²) in [5.74, 6) is -0.983. The maximum atomic E-state index is 13.0. The van der Waals surface area contributed by atoms with E-state index in [1.54, 1.807) is 33.3 Å². The van der Waals surface area contributed by atoms with E-state index < -0.39 is 17.8 Å². The number of methoxy groups -OCH3 is 2. The maximum absolute atomic E-state index is 13.0. The molecule has 0 N–H and O–H groups in total.